The molecule has 23 heavy (non-hydrogen) atoms. The van der Waals surface area contributed by atoms with Gasteiger partial charge < -0.3 is 14.8 Å². The second kappa shape index (κ2) is 5.95. The van der Waals surface area contributed by atoms with Crippen molar-refractivity contribution in [2.24, 2.45) is 0 Å². The molecule has 6 heteroatoms. The largest absolute Gasteiger partial charge is 0.454 e. The first-order chi connectivity index (χ1) is 11.3. The van der Waals surface area contributed by atoms with Crippen LogP contribution in [0.1, 0.15) is 47.4 Å². The molecule has 120 valence electrons. The molecule has 1 aliphatic heterocycles. The number of carbonyl (C=O) groups is 1. The topological polar surface area (TPSA) is 76.2 Å². The minimum Gasteiger partial charge on any atom is -0.454 e. The number of aromatic amines is 1. The number of nitrogens with one attached hydrogen (secondary N) is 2. The molecule has 1 aromatic carbocycles. The van der Waals surface area contributed by atoms with E-state index in [0.717, 1.165) is 36.9 Å². The lowest BCUT2D eigenvalue weighted by Gasteiger charge is -2.10. The van der Waals surface area contributed by atoms with E-state index in [4.69, 9.17) is 9.47 Å². The molecular weight excluding hydrogens is 294 g/mol. The normalized spacial score (nSPS) is 16.3. The molecule has 1 aromatic heterocycles. The standard InChI is InChI=1S/C17H19N3O3/c21-17(18-11-7-8-14-15(9-11)23-10-22-14)16-12-5-3-1-2-4-6-13(12)19-20-16/h7-9H,1-6,10H2,(H,18,21)(H,19,20). The number of carbonyl (C=O) groups excluding carboxylic acids is 1. The van der Waals surface area contributed by atoms with Crippen molar-refractivity contribution >= 4 is 11.6 Å². The number of hydrogen-bond acceptors (Lipinski definition) is 4. The molecule has 6 nitrogen and oxygen atoms in total. The lowest BCUT2D eigenvalue weighted by molar-refractivity contribution is 0.102. The highest BCUT2D eigenvalue weighted by Crippen LogP contribution is 2.34. The molecular formula is C17H19N3O3. The van der Waals surface area contributed by atoms with Gasteiger partial charge in [-0.25, -0.2) is 0 Å². The van der Waals surface area contributed by atoms with Gasteiger partial charge in [-0.15, -0.1) is 0 Å². The Bertz CT molecular complexity index is 739. The quantitative estimate of drug-likeness (QED) is 0.893. The number of hydrogen-bond donors (Lipinski definition) is 2. The minimum absolute atomic E-state index is 0.179. The highest BCUT2D eigenvalue weighted by molar-refractivity contribution is 6.04. The molecule has 0 radical (unpaired) electrons. The fourth-order valence-electron chi connectivity index (χ4n) is 3.19. The van der Waals surface area contributed by atoms with E-state index in [-0.39, 0.29) is 12.7 Å². The maximum atomic E-state index is 12.6. The van der Waals surface area contributed by atoms with E-state index in [1.807, 2.05) is 6.07 Å². The SMILES string of the molecule is O=C(Nc1ccc2c(c1)OCO2)c1n[nH]c2c1CCCCCC2. The summed E-state index contributed by atoms with van der Waals surface area (Å²) < 4.78 is 10.6. The molecule has 2 aliphatic rings. The van der Waals surface area contributed by atoms with Gasteiger partial charge in [0.25, 0.3) is 5.91 Å². The Morgan fingerprint density at radius 2 is 1.91 bits per heavy atom. The van der Waals surface area contributed by atoms with Crippen LogP contribution in [0.5, 0.6) is 11.5 Å². The highest BCUT2D eigenvalue weighted by Gasteiger charge is 2.21. The number of amides is 1. The summed E-state index contributed by atoms with van der Waals surface area (Å²) in [4.78, 5) is 12.6. The lowest BCUT2D eigenvalue weighted by Crippen LogP contribution is -2.15. The number of ether oxygens (including phenoxy) is 2. The van der Waals surface area contributed by atoms with Crippen LogP contribution in [-0.4, -0.2) is 22.9 Å². The summed E-state index contributed by atoms with van der Waals surface area (Å²) in [5, 5.41) is 10.2. The summed E-state index contributed by atoms with van der Waals surface area (Å²) >= 11 is 0. The van der Waals surface area contributed by atoms with Gasteiger partial charge in [0.15, 0.2) is 17.2 Å². The zero-order chi connectivity index (χ0) is 15.6. The van der Waals surface area contributed by atoms with Crippen LogP contribution in [0, 0.1) is 0 Å². The van der Waals surface area contributed by atoms with Crippen molar-refractivity contribution in [1.82, 2.24) is 10.2 Å². The first-order valence-corrected chi connectivity index (χ1v) is 8.08. The molecule has 0 saturated carbocycles. The van der Waals surface area contributed by atoms with E-state index < -0.39 is 0 Å². The summed E-state index contributed by atoms with van der Waals surface area (Å²) in [5.74, 6) is 1.18. The summed E-state index contributed by atoms with van der Waals surface area (Å²) in [7, 11) is 0. The van der Waals surface area contributed by atoms with Gasteiger partial charge in [0.1, 0.15) is 0 Å². The third-order valence-electron chi connectivity index (χ3n) is 4.40. The van der Waals surface area contributed by atoms with Crippen LogP contribution < -0.4 is 14.8 Å². The van der Waals surface area contributed by atoms with Crippen molar-refractivity contribution in [3.05, 3.63) is 35.2 Å². The Labute approximate surface area is 134 Å². The first-order valence-electron chi connectivity index (χ1n) is 8.08. The van der Waals surface area contributed by atoms with Crippen molar-refractivity contribution in [3.8, 4) is 11.5 Å². The van der Waals surface area contributed by atoms with Crippen LogP contribution >= 0.6 is 0 Å². The smallest absolute Gasteiger partial charge is 0.276 e. The molecule has 4 rings (SSSR count). The maximum absolute atomic E-state index is 12.6. The Kier molecular flexibility index (Phi) is 3.65. The Hall–Kier alpha value is -2.50. The number of rotatable bonds is 2. The molecule has 0 saturated heterocycles. The first kappa shape index (κ1) is 14.1. The van der Waals surface area contributed by atoms with Crippen molar-refractivity contribution in [1.29, 1.82) is 0 Å². The molecule has 1 amide bonds. The average molecular weight is 313 g/mol. The average Bonchev–Trinajstić information content (AvgIpc) is 3.13. The number of aryl methyl sites for hydroxylation is 1. The third kappa shape index (κ3) is 2.76. The van der Waals surface area contributed by atoms with Gasteiger partial charge in [-0.2, -0.15) is 5.10 Å². The summed E-state index contributed by atoms with van der Waals surface area (Å²) in [6, 6.07) is 5.38. The fraction of sp³-hybridized carbons (Fsp3) is 0.412. The van der Waals surface area contributed by atoms with Crippen LogP contribution in [0.4, 0.5) is 5.69 Å². The van der Waals surface area contributed by atoms with Gasteiger partial charge in [-0.1, -0.05) is 12.8 Å². The van der Waals surface area contributed by atoms with Gasteiger partial charge >= 0.3 is 0 Å². The van der Waals surface area contributed by atoms with E-state index >= 15 is 0 Å². The Balaban J connectivity index is 1.55. The number of nitrogens with zero attached hydrogens (tertiary/aromatic N) is 1. The van der Waals surface area contributed by atoms with Gasteiger partial charge in [0.2, 0.25) is 6.79 Å². The molecule has 0 spiro atoms. The van der Waals surface area contributed by atoms with Crippen molar-refractivity contribution in [2.75, 3.05) is 12.1 Å². The molecule has 0 atom stereocenters. The number of H-pyrrole nitrogens is 1. The zero-order valence-electron chi connectivity index (χ0n) is 12.9. The molecule has 0 fully saturated rings. The number of fused-ring (bicyclic) bond motifs is 2. The van der Waals surface area contributed by atoms with E-state index in [0.29, 0.717) is 22.9 Å². The van der Waals surface area contributed by atoms with Crippen LogP contribution in [0.2, 0.25) is 0 Å². The minimum atomic E-state index is -0.179. The molecule has 0 unspecified atom stereocenters. The monoisotopic (exact) mass is 313 g/mol. The van der Waals surface area contributed by atoms with Crippen LogP contribution in [-0.2, 0) is 12.8 Å². The number of benzene rings is 1. The maximum Gasteiger partial charge on any atom is 0.276 e. The van der Waals surface area contributed by atoms with E-state index in [2.05, 4.69) is 15.5 Å². The van der Waals surface area contributed by atoms with Crippen LogP contribution in [0.3, 0.4) is 0 Å². The van der Waals surface area contributed by atoms with E-state index in [1.54, 1.807) is 12.1 Å². The van der Waals surface area contributed by atoms with Crippen LogP contribution in [0.15, 0.2) is 18.2 Å². The van der Waals surface area contributed by atoms with E-state index in [9.17, 15) is 4.79 Å². The summed E-state index contributed by atoms with van der Waals surface area (Å²) in [6.07, 6.45) is 6.61. The van der Waals surface area contributed by atoms with Crippen molar-refractivity contribution in [3.63, 3.8) is 0 Å². The van der Waals surface area contributed by atoms with Gasteiger partial charge in [-0.05, 0) is 37.8 Å². The number of anilines is 1. The molecule has 2 heterocycles. The molecule has 1 aliphatic carbocycles. The highest BCUT2D eigenvalue weighted by atomic mass is 16.7. The second-order valence-electron chi connectivity index (χ2n) is 5.97. The van der Waals surface area contributed by atoms with Crippen molar-refractivity contribution < 1.29 is 14.3 Å². The molecule has 2 aromatic rings. The zero-order valence-corrected chi connectivity index (χ0v) is 12.9. The molecule has 2 N–H and O–H groups in total. The lowest BCUT2D eigenvalue weighted by atomic mass is 9.97. The van der Waals surface area contributed by atoms with Gasteiger partial charge in [0, 0.05) is 23.0 Å². The third-order valence-corrected chi connectivity index (χ3v) is 4.40. The van der Waals surface area contributed by atoms with Gasteiger partial charge in [-0.3, -0.25) is 9.89 Å². The summed E-state index contributed by atoms with van der Waals surface area (Å²) in [6.45, 7) is 0.222. The Morgan fingerprint density at radius 3 is 2.83 bits per heavy atom. The van der Waals surface area contributed by atoms with E-state index in [1.165, 1.54) is 12.8 Å². The molecule has 0 bridgehead atoms. The predicted molar refractivity (Wildman–Crippen MR) is 85.0 cm³/mol. The Morgan fingerprint density at radius 1 is 1.09 bits per heavy atom. The van der Waals surface area contributed by atoms with Crippen molar-refractivity contribution in [2.45, 2.75) is 38.5 Å². The number of aromatic nitrogens is 2. The second-order valence-corrected chi connectivity index (χ2v) is 5.97. The predicted octanol–water partition coefficient (Wildman–Crippen LogP) is 3.05. The summed E-state index contributed by atoms with van der Waals surface area (Å²) in [5.41, 5.74) is 3.38. The van der Waals surface area contributed by atoms with Crippen LogP contribution in [0.25, 0.3) is 0 Å². The van der Waals surface area contributed by atoms with Gasteiger partial charge in [0.05, 0.1) is 0 Å². The fourth-order valence-corrected chi connectivity index (χ4v) is 3.19.